The summed E-state index contributed by atoms with van der Waals surface area (Å²) in [7, 11) is 0. The molecule has 0 amide bonds. The zero-order chi connectivity index (χ0) is 36.6. The Morgan fingerprint density at radius 3 is 1.55 bits per heavy atom. The summed E-state index contributed by atoms with van der Waals surface area (Å²) >= 11 is 0. The molecule has 0 aliphatic carbocycles. The summed E-state index contributed by atoms with van der Waals surface area (Å²) < 4.78 is 16.8. The lowest BCUT2D eigenvalue weighted by molar-refractivity contribution is 0.233. The first-order chi connectivity index (χ1) is 27.2. The van der Waals surface area contributed by atoms with Crippen LogP contribution in [0.2, 0.25) is 0 Å². The Labute approximate surface area is 318 Å². The fourth-order valence-corrected chi connectivity index (χ4v) is 9.22. The van der Waals surface area contributed by atoms with Crippen LogP contribution in [-0.2, 0) is 0 Å². The van der Waals surface area contributed by atoms with Gasteiger partial charge in [0.2, 0.25) is 0 Å². The lowest BCUT2D eigenvalue weighted by Crippen LogP contribution is -2.59. The molecule has 2 aromatic heterocycles. The molecule has 7 aromatic carbocycles. The molecule has 0 saturated heterocycles. The third-order valence-corrected chi connectivity index (χ3v) is 11.6. The minimum atomic E-state index is 0.0159. The van der Waals surface area contributed by atoms with Crippen LogP contribution in [0.4, 0.5) is 0 Å². The Morgan fingerprint density at radius 1 is 0.455 bits per heavy atom. The molecular weight excluding hydrogens is 679 g/mol. The van der Waals surface area contributed by atoms with Crippen LogP contribution in [-0.4, -0.2) is 52.5 Å². The van der Waals surface area contributed by atoms with Gasteiger partial charge in [-0.3, -0.25) is 0 Å². The summed E-state index contributed by atoms with van der Waals surface area (Å²) in [5.74, 6) is 1.61. The van der Waals surface area contributed by atoms with Gasteiger partial charge < -0.3 is 28.8 Å². The van der Waals surface area contributed by atoms with Crippen LogP contribution in [0.5, 0.6) is 11.5 Å². The monoisotopic (exact) mass is 716 g/mol. The Bertz CT molecular complexity index is 2960. The van der Waals surface area contributed by atoms with E-state index in [0.717, 1.165) is 28.2 Å². The summed E-state index contributed by atoms with van der Waals surface area (Å²) in [5, 5.41) is 23.5. The zero-order valence-corrected chi connectivity index (χ0v) is 30.2. The number of aliphatic hydroxyl groups excluding tert-OH is 2. The molecule has 6 nitrogen and oxygen atoms in total. The van der Waals surface area contributed by atoms with Gasteiger partial charge in [-0.1, -0.05) is 84.9 Å². The maximum absolute atomic E-state index is 9.25. The van der Waals surface area contributed by atoms with E-state index < -0.39 is 0 Å². The Morgan fingerprint density at radius 2 is 0.964 bits per heavy atom. The van der Waals surface area contributed by atoms with E-state index >= 15 is 0 Å². The highest BCUT2D eigenvalue weighted by atomic mass is 16.5. The average Bonchev–Trinajstić information content (AvgIpc) is 3.76. The van der Waals surface area contributed by atoms with E-state index in [1.165, 1.54) is 76.9 Å². The van der Waals surface area contributed by atoms with Gasteiger partial charge in [-0.15, -0.1) is 0 Å². The standard InChI is InChI=1S/C48H37BN2O4/c52-22-6-24-54-34-18-14-30(15-19-34)32-26-39-37-9-2-4-13-43(37)51-45-29-33(31-16-20-35(21-17-31)55-25-7-23-53)28-44-46(45)49(41(27-32)48(39)51)40-11-5-10-38-36-8-1-3-12-42(36)50(44)47(38)40/h1-5,8-21,26-29,52-53H,6-7,22-25H2. The van der Waals surface area contributed by atoms with Crippen molar-refractivity contribution in [1.29, 1.82) is 0 Å². The number of hydrogen-bond acceptors (Lipinski definition) is 4. The second-order valence-corrected chi connectivity index (χ2v) is 14.7. The summed E-state index contributed by atoms with van der Waals surface area (Å²) in [6.07, 6.45) is 1.21. The van der Waals surface area contributed by atoms with Crippen molar-refractivity contribution in [1.82, 2.24) is 9.13 Å². The van der Waals surface area contributed by atoms with Gasteiger partial charge in [0.05, 0.1) is 24.2 Å². The number of fused-ring (bicyclic) bond motifs is 10. The molecule has 0 saturated carbocycles. The van der Waals surface area contributed by atoms with Crippen molar-refractivity contribution in [3.63, 3.8) is 0 Å². The van der Waals surface area contributed by atoms with E-state index in [2.05, 4.69) is 124 Å². The van der Waals surface area contributed by atoms with E-state index in [0.29, 0.717) is 26.1 Å². The second kappa shape index (κ2) is 12.7. The maximum Gasteiger partial charge on any atom is 0.252 e. The van der Waals surface area contributed by atoms with Crippen LogP contribution in [0.3, 0.4) is 0 Å². The van der Waals surface area contributed by atoms with Crippen LogP contribution in [0.15, 0.2) is 140 Å². The second-order valence-electron chi connectivity index (χ2n) is 14.7. The molecule has 0 atom stereocenters. The summed E-state index contributed by atoms with van der Waals surface area (Å²) in [6, 6.07) is 50.8. The quantitative estimate of drug-likeness (QED) is 0.112. The van der Waals surface area contributed by atoms with E-state index in [9.17, 15) is 10.2 Å². The highest BCUT2D eigenvalue weighted by molar-refractivity contribution is 7.00. The fraction of sp³-hybridized carbons (Fsp3) is 0.125. The third kappa shape index (κ3) is 4.83. The average molecular weight is 717 g/mol. The van der Waals surface area contributed by atoms with Crippen molar-refractivity contribution in [3.05, 3.63) is 140 Å². The number of benzene rings is 7. The Kier molecular flexibility index (Phi) is 7.41. The number of nitrogens with zero attached hydrogens (tertiary/aromatic N) is 2. The van der Waals surface area contributed by atoms with Crippen LogP contribution in [0.25, 0.3) is 77.2 Å². The summed E-state index contributed by atoms with van der Waals surface area (Å²) in [5.41, 5.74) is 15.8. The van der Waals surface area contributed by atoms with Crippen molar-refractivity contribution < 1.29 is 19.7 Å². The molecule has 0 fully saturated rings. The van der Waals surface area contributed by atoms with Crippen molar-refractivity contribution in [3.8, 4) is 45.1 Å². The molecule has 11 rings (SSSR count). The van der Waals surface area contributed by atoms with Crippen molar-refractivity contribution in [2.75, 3.05) is 26.4 Å². The van der Waals surface area contributed by atoms with Crippen LogP contribution < -0.4 is 25.9 Å². The van der Waals surface area contributed by atoms with E-state index in [4.69, 9.17) is 9.47 Å². The number of para-hydroxylation sites is 3. The van der Waals surface area contributed by atoms with Gasteiger partial charge in [0.1, 0.15) is 11.5 Å². The first-order valence-corrected chi connectivity index (χ1v) is 19.2. The lowest BCUT2D eigenvalue weighted by atomic mass is 9.34. The first-order valence-electron chi connectivity index (χ1n) is 19.2. The number of hydrogen-bond donors (Lipinski definition) is 2. The minimum Gasteiger partial charge on any atom is -0.494 e. The van der Waals surface area contributed by atoms with Gasteiger partial charge in [0, 0.05) is 70.0 Å². The van der Waals surface area contributed by atoms with E-state index in [1.54, 1.807) is 0 Å². The molecule has 266 valence electrons. The van der Waals surface area contributed by atoms with E-state index in [-0.39, 0.29) is 19.9 Å². The van der Waals surface area contributed by atoms with Gasteiger partial charge in [-0.05, 0) is 93.2 Å². The molecule has 0 bridgehead atoms. The zero-order valence-electron chi connectivity index (χ0n) is 30.2. The van der Waals surface area contributed by atoms with Gasteiger partial charge in [-0.2, -0.15) is 0 Å². The highest BCUT2D eigenvalue weighted by Gasteiger charge is 2.41. The number of aromatic nitrogens is 2. The van der Waals surface area contributed by atoms with Crippen LogP contribution >= 0.6 is 0 Å². The molecule has 55 heavy (non-hydrogen) atoms. The Hall–Kier alpha value is -6.28. The minimum absolute atomic E-state index is 0.0159. The Balaban J connectivity index is 1.20. The molecule has 2 aliphatic rings. The van der Waals surface area contributed by atoms with Crippen LogP contribution in [0, 0.1) is 0 Å². The topological polar surface area (TPSA) is 68.8 Å². The van der Waals surface area contributed by atoms with Gasteiger partial charge in [0.25, 0.3) is 6.71 Å². The normalized spacial score (nSPS) is 12.6. The van der Waals surface area contributed by atoms with Crippen molar-refractivity contribution >= 4 is 66.7 Å². The predicted molar refractivity (Wildman–Crippen MR) is 225 cm³/mol. The predicted octanol–water partition coefficient (Wildman–Crippen LogP) is 7.88. The van der Waals surface area contributed by atoms with Crippen LogP contribution in [0.1, 0.15) is 12.8 Å². The lowest BCUT2D eigenvalue weighted by Gasteiger charge is -2.34. The van der Waals surface area contributed by atoms with Crippen molar-refractivity contribution in [2.24, 2.45) is 0 Å². The molecule has 0 radical (unpaired) electrons. The van der Waals surface area contributed by atoms with E-state index in [1.807, 2.05) is 24.3 Å². The molecule has 4 heterocycles. The molecule has 0 unspecified atom stereocenters. The fourth-order valence-electron chi connectivity index (χ4n) is 9.22. The number of rotatable bonds is 10. The largest absolute Gasteiger partial charge is 0.494 e. The van der Waals surface area contributed by atoms with Gasteiger partial charge in [0.15, 0.2) is 0 Å². The number of aliphatic hydroxyl groups is 2. The molecular formula is C48H37BN2O4. The molecule has 7 heteroatoms. The maximum atomic E-state index is 9.25. The first kappa shape index (κ1) is 32.2. The van der Waals surface area contributed by atoms with Crippen molar-refractivity contribution in [2.45, 2.75) is 12.8 Å². The SMILES string of the molecule is OCCCOc1ccc(-c2cc3c4c(c2)-n2c5ccccc5c5cc(-c6ccc(OCCCO)cc6)cc(c52)B4c2cccc4c5ccccc5n-3c24)cc1. The third-order valence-electron chi connectivity index (χ3n) is 11.6. The smallest absolute Gasteiger partial charge is 0.252 e. The molecule has 0 spiro atoms. The van der Waals surface area contributed by atoms with Gasteiger partial charge in [-0.25, -0.2) is 0 Å². The van der Waals surface area contributed by atoms with Gasteiger partial charge >= 0.3 is 0 Å². The highest BCUT2D eigenvalue weighted by Crippen LogP contribution is 2.42. The summed E-state index contributed by atoms with van der Waals surface area (Å²) in [4.78, 5) is 0. The molecule has 2 aliphatic heterocycles. The molecule has 2 N–H and O–H groups in total. The number of ether oxygens (including phenoxy) is 2. The summed E-state index contributed by atoms with van der Waals surface area (Å²) in [6.45, 7) is 1.22. The molecule has 9 aromatic rings.